The maximum atomic E-state index is 12.1. The highest BCUT2D eigenvalue weighted by atomic mass is 16.6. The van der Waals surface area contributed by atoms with Crippen LogP contribution < -0.4 is 10.8 Å². The number of hydrogen-bond acceptors (Lipinski definition) is 3. The van der Waals surface area contributed by atoms with Crippen molar-refractivity contribution in [3.05, 3.63) is 23.5 Å². The second-order valence-electron chi connectivity index (χ2n) is 6.69. The minimum Gasteiger partial charge on any atom is -0.444 e. The van der Waals surface area contributed by atoms with Crippen LogP contribution in [0.15, 0.2) is 12.3 Å². The summed E-state index contributed by atoms with van der Waals surface area (Å²) in [5.41, 5.74) is 1.77. The van der Waals surface area contributed by atoms with Gasteiger partial charge in [0.05, 0.1) is 11.2 Å². The van der Waals surface area contributed by atoms with Crippen LogP contribution in [-0.2, 0) is 16.7 Å². The Morgan fingerprint density at radius 3 is 2.62 bits per heavy atom. The van der Waals surface area contributed by atoms with E-state index in [0.717, 1.165) is 36.9 Å². The van der Waals surface area contributed by atoms with Crippen LogP contribution in [0.2, 0.25) is 0 Å². The molecule has 1 aromatic rings. The third-order valence-corrected chi connectivity index (χ3v) is 3.77. The molecule has 5 heteroatoms. The lowest BCUT2D eigenvalue weighted by molar-refractivity contribution is 0.0370. The Labute approximate surface area is 128 Å². The second kappa shape index (κ2) is 5.70. The predicted octanol–water partition coefficient (Wildman–Crippen LogP) is 2.34. The van der Waals surface area contributed by atoms with E-state index < -0.39 is 11.1 Å². The van der Waals surface area contributed by atoms with Crippen LogP contribution in [0.4, 0.5) is 4.79 Å². The average Bonchev–Trinajstić information content (AvgIpc) is 2.32. The zero-order valence-corrected chi connectivity index (χ0v) is 13.3. The predicted molar refractivity (Wildman–Crippen MR) is 83.9 cm³/mol. The fraction of sp³-hybridized carbons (Fsp3) is 0.625. The van der Waals surface area contributed by atoms with Gasteiger partial charge in [0.1, 0.15) is 13.4 Å². The Morgan fingerprint density at radius 2 is 2.14 bits per heavy atom. The first kappa shape index (κ1) is 15.9. The highest BCUT2D eigenvalue weighted by molar-refractivity contribution is 6.32. The molecule has 0 spiro atoms. The van der Waals surface area contributed by atoms with Crippen molar-refractivity contribution in [2.45, 2.75) is 64.5 Å². The van der Waals surface area contributed by atoms with Crippen molar-refractivity contribution in [2.75, 3.05) is 0 Å². The van der Waals surface area contributed by atoms with E-state index in [1.165, 1.54) is 0 Å². The van der Waals surface area contributed by atoms with Gasteiger partial charge in [0.25, 0.3) is 0 Å². The molecule has 0 aromatic carbocycles. The average molecular weight is 286 g/mol. The fourth-order valence-corrected chi connectivity index (χ4v) is 2.68. The Morgan fingerprint density at radius 1 is 1.48 bits per heavy atom. The molecule has 1 fully saturated rings. The standard InChI is InChI=1S/C16H23BN2O2/c1-5-11-9-12(17)10-18-13(11)16(7-6-8-16)19-14(20)21-15(2,3)4/h9-10H,5-8H2,1-4H3,(H,19,20). The van der Waals surface area contributed by atoms with E-state index in [1.807, 2.05) is 26.8 Å². The summed E-state index contributed by atoms with van der Waals surface area (Å²) < 4.78 is 5.39. The largest absolute Gasteiger partial charge is 0.444 e. The third kappa shape index (κ3) is 3.58. The van der Waals surface area contributed by atoms with Crippen molar-refractivity contribution in [3.8, 4) is 0 Å². The van der Waals surface area contributed by atoms with Crippen molar-refractivity contribution in [1.82, 2.24) is 10.3 Å². The molecule has 21 heavy (non-hydrogen) atoms. The van der Waals surface area contributed by atoms with Gasteiger partial charge in [-0.15, -0.1) is 0 Å². The SMILES string of the molecule is [B]c1cnc(C2(NC(=O)OC(C)(C)C)CCC2)c(CC)c1. The van der Waals surface area contributed by atoms with Gasteiger partial charge in [-0.1, -0.05) is 18.5 Å². The summed E-state index contributed by atoms with van der Waals surface area (Å²) in [6, 6.07) is 1.94. The summed E-state index contributed by atoms with van der Waals surface area (Å²) in [6.07, 6.45) is 4.95. The van der Waals surface area contributed by atoms with Crippen LogP contribution in [-0.4, -0.2) is 24.5 Å². The molecular formula is C16H23BN2O2. The number of nitrogens with one attached hydrogen (secondary N) is 1. The zero-order chi connectivity index (χ0) is 15.7. The molecule has 1 N–H and O–H groups in total. The van der Waals surface area contributed by atoms with Crippen LogP contribution in [0, 0.1) is 0 Å². The highest BCUT2D eigenvalue weighted by Gasteiger charge is 2.43. The molecule has 0 unspecified atom stereocenters. The Kier molecular flexibility index (Phi) is 4.31. The van der Waals surface area contributed by atoms with Crippen LogP contribution >= 0.6 is 0 Å². The number of carbonyl (C=O) groups excluding carboxylic acids is 1. The topological polar surface area (TPSA) is 51.2 Å². The monoisotopic (exact) mass is 286 g/mol. The molecule has 112 valence electrons. The number of amides is 1. The molecule has 0 aliphatic heterocycles. The fourth-order valence-electron chi connectivity index (χ4n) is 2.68. The lowest BCUT2D eigenvalue weighted by atomic mass is 9.72. The van der Waals surface area contributed by atoms with E-state index in [2.05, 4.69) is 17.2 Å². The number of carbonyl (C=O) groups is 1. The molecule has 2 rings (SSSR count). The highest BCUT2D eigenvalue weighted by Crippen LogP contribution is 2.41. The minimum atomic E-state index is -0.503. The van der Waals surface area contributed by atoms with Crippen molar-refractivity contribution in [3.63, 3.8) is 0 Å². The van der Waals surface area contributed by atoms with Gasteiger partial charge in [-0.05, 0) is 52.0 Å². The van der Waals surface area contributed by atoms with E-state index in [0.29, 0.717) is 5.46 Å². The number of pyridine rings is 1. The minimum absolute atomic E-state index is 0.386. The molecule has 1 aliphatic rings. The third-order valence-electron chi connectivity index (χ3n) is 3.77. The lowest BCUT2D eigenvalue weighted by Gasteiger charge is -2.43. The van der Waals surface area contributed by atoms with Gasteiger partial charge in [-0.2, -0.15) is 0 Å². The normalized spacial score (nSPS) is 17.0. The van der Waals surface area contributed by atoms with Crippen molar-refractivity contribution in [2.24, 2.45) is 0 Å². The van der Waals surface area contributed by atoms with Crippen LogP contribution in [0.5, 0.6) is 0 Å². The Bertz CT molecular complexity index is 534. The van der Waals surface area contributed by atoms with Crippen molar-refractivity contribution < 1.29 is 9.53 Å². The van der Waals surface area contributed by atoms with Gasteiger partial charge in [0.2, 0.25) is 0 Å². The van der Waals surface area contributed by atoms with Gasteiger partial charge in [0.15, 0.2) is 0 Å². The van der Waals surface area contributed by atoms with Crippen LogP contribution in [0.25, 0.3) is 0 Å². The molecule has 1 aliphatic carbocycles. The molecule has 1 saturated carbocycles. The first-order valence-corrected chi connectivity index (χ1v) is 7.52. The molecule has 0 saturated heterocycles. The number of aromatic nitrogens is 1. The van der Waals surface area contributed by atoms with Crippen molar-refractivity contribution in [1.29, 1.82) is 0 Å². The smallest absolute Gasteiger partial charge is 0.408 e. The van der Waals surface area contributed by atoms with Gasteiger partial charge in [-0.25, -0.2) is 4.79 Å². The van der Waals surface area contributed by atoms with Crippen LogP contribution in [0.1, 0.15) is 58.2 Å². The number of ether oxygens (including phenoxy) is 1. The van der Waals surface area contributed by atoms with E-state index in [1.54, 1.807) is 6.20 Å². The molecule has 0 atom stereocenters. The molecule has 1 heterocycles. The first-order chi connectivity index (χ1) is 9.76. The van der Waals surface area contributed by atoms with E-state index in [-0.39, 0.29) is 6.09 Å². The number of hydrogen-bond donors (Lipinski definition) is 1. The van der Waals surface area contributed by atoms with E-state index in [9.17, 15) is 4.79 Å². The number of aryl methyl sites for hydroxylation is 1. The summed E-state index contributed by atoms with van der Waals surface area (Å²) in [7, 11) is 5.82. The maximum Gasteiger partial charge on any atom is 0.408 e. The number of rotatable bonds is 3. The second-order valence-corrected chi connectivity index (χ2v) is 6.69. The molecule has 4 nitrogen and oxygen atoms in total. The van der Waals surface area contributed by atoms with Crippen molar-refractivity contribution >= 4 is 19.4 Å². The zero-order valence-electron chi connectivity index (χ0n) is 13.3. The first-order valence-electron chi connectivity index (χ1n) is 7.52. The summed E-state index contributed by atoms with van der Waals surface area (Å²) in [5.74, 6) is 0. The molecule has 1 aromatic heterocycles. The van der Waals surface area contributed by atoms with Gasteiger partial charge >= 0.3 is 6.09 Å². The maximum absolute atomic E-state index is 12.1. The molecule has 2 radical (unpaired) electrons. The Hall–Kier alpha value is -1.52. The number of alkyl carbamates (subject to hydrolysis) is 1. The van der Waals surface area contributed by atoms with Gasteiger partial charge in [0, 0.05) is 6.20 Å². The molecular weight excluding hydrogens is 263 g/mol. The summed E-state index contributed by atoms with van der Waals surface area (Å²) in [6.45, 7) is 7.65. The summed E-state index contributed by atoms with van der Waals surface area (Å²) in [5, 5.41) is 3.03. The summed E-state index contributed by atoms with van der Waals surface area (Å²) >= 11 is 0. The molecule has 1 amide bonds. The van der Waals surface area contributed by atoms with Crippen LogP contribution in [0.3, 0.4) is 0 Å². The van der Waals surface area contributed by atoms with Gasteiger partial charge < -0.3 is 10.1 Å². The number of nitrogens with zero attached hydrogens (tertiary/aromatic N) is 1. The quantitative estimate of drug-likeness (QED) is 0.868. The summed E-state index contributed by atoms with van der Waals surface area (Å²) in [4.78, 5) is 16.6. The molecule has 0 bridgehead atoms. The lowest BCUT2D eigenvalue weighted by Crippen LogP contribution is -2.53. The van der Waals surface area contributed by atoms with E-state index in [4.69, 9.17) is 12.6 Å². The van der Waals surface area contributed by atoms with E-state index >= 15 is 0 Å². The Balaban J connectivity index is 2.24. The van der Waals surface area contributed by atoms with Gasteiger partial charge in [-0.3, -0.25) is 4.98 Å².